The summed E-state index contributed by atoms with van der Waals surface area (Å²) in [5, 5.41) is 9.30. The molecule has 0 aliphatic carbocycles. The lowest BCUT2D eigenvalue weighted by atomic mass is 10.0. The van der Waals surface area contributed by atoms with Crippen molar-refractivity contribution in [2.24, 2.45) is 5.92 Å². The standard InChI is InChI=1S/C14H19BrO4/c1-17-14-6-11(7-16)13(19-14)9-18-8-10-2-4-12(15)5-3-10/h2-5,11,13-14,16H,6-9H2,1H3/t11-,13-,14?/m1/s1. The van der Waals surface area contributed by atoms with Gasteiger partial charge in [-0.2, -0.15) is 0 Å². The molecule has 1 aliphatic rings. The monoisotopic (exact) mass is 330 g/mol. The summed E-state index contributed by atoms with van der Waals surface area (Å²) in [7, 11) is 1.62. The van der Waals surface area contributed by atoms with Gasteiger partial charge in [-0.1, -0.05) is 28.1 Å². The number of rotatable bonds is 6. The van der Waals surface area contributed by atoms with Crippen molar-refractivity contribution in [2.75, 3.05) is 20.3 Å². The highest BCUT2D eigenvalue weighted by Crippen LogP contribution is 2.27. The van der Waals surface area contributed by atoms with Crippen molar-refractivity contribution >= 4 is 15.9 Å². The van der Waals surface area contributed by atoms with Crippen LogP contribution in [0.15, 0.2) is 28.7 Å². The number of ether oxygens (including phenoxy) is 3. The number of halogens is 1. The molecule has 1 aromatic carbocycles. The highest BCUT2D eigenvalue weighted by molar-refractivity contribution is 9.10. The lowest BCUT2D eigenvalue weighted by Crippen LogP contribution is -2.25. The molecule has 19 heavy (non-hydrogen) atoms. The van der Waals surface area contributed by atoms with E-state index in [0.29, 0.717) is 13.2 Å². The molecule has 1 saturated heterocycles. The van der Waals surface area contributed by atoms with Crippen LogP contribution in [0, 0.1) is 5.92 Å². The van der Waals surface area contributed by atoms with Crippen molar-refractivity contribution in [3.05, 3.63) is 34.3 Å². The molecule has 2 rings (SSSR count). The zero-order valence-corrected chi connectivity index (χ0v) is 12.5. The van der Waals surface area contributed by atoms with Crippen molar-refractivity contribution in [1.82, 2.24) is 0 Å². The molecule has 1 unspecified atom stereocenters. The van der Waals surface area contributed by atoms with Gasteiger partial charge in [-0.3, -0.25) is 0 Å². The van der Waals surface area contributed by atoms with E-state index in [-0.39, 0.29) is 24.9 Å². The molecule has 106 valence electrons. The Balaban J connectivity index is 1.77. The molecular weight excluding hydrogens is 312 g/mol. The first-order valence-corrected chi connectivity index (χ1v) is 7.13. The molecule has 0 saturated carbocycles. The van der Waals surface area contributed by atoms with E-state index in [1.807, 2.05) is 24.3 Å². The Morgan fingerprint density at radius 2 is 2.11 bits per heavy atom. The molecule has 0 amide bonds. The normalized spacial score (nSPS) is 26.8. The molecule has 1 N–H and O–H groups in total. The van der Waals surface area contributed by atoms with Crippen molar-refractivity contribution < 1.29 is 19.3 Å². The number of hydrogen-bond acceptors (Lipinski definition) is 4. The minimum atomic E-state index is -0.224. The number of aliphatic hydroxyl groups excluding tert-OH is 1. The molecule has 0 radical (unpaired) electrons. The van der Waals surface area contributed by atoms with Gasteiger partial charge in [0, 0.05) is 30.5 Å². The van der Waals surface area contributed by atoms with Crippen LogP contribution in [-0.2, 0) is 20.8 Å². The topological polar surface area (TPSA) is 47.9 Å². The molecule has 1 heterocycles. The maximum atomic E-state index is 9.30. The Morgan fingerprint density at radius 3 is 2.74 bits per heavy atom. The fraction of sp³-hybridized carbons (Fsp3) is 0.571. The molecule has 4 nitrogen and oxygen atoms in total. The molecule has 1 aliphatic heterocycles. The maximum absolute atomic E-state index is 9.30. The van der Waals surface area contributed by atoms with Crippen LogP contribution in [-0.4, -0.2) is 37.8 Å². The molecular formula is C14H19BrO4. The van der Waals surface area contributed by atoms with Crippen molar-refractivity contribution in [3.8, 4) is 0 Å². The number of aliphatic hydroxyl groups is 1. The predicted molar refractivity (Wildman–Crippen MR) is 74.7 cm³/mol. The lowest BCUT2D eigenvalue weighted by Gasteiger charge is -2.16. The van der Waals surface area contributed by atoms with Crippen LogP contribution >= 0.6 is 15.9 Å². The highest BCUT2D eigenvalue weighted by atomic mass is 79.9. The minimum Gasteiger partial charge on any atom is -0.396 e. The van der Waals surface area contributed by atoms with Crippen LogP contribution in [0.3, 0.4) is 0 Å². The Labute approximate surface area is 121 Å². The minimum absolute atomic E-state index is 0.0922. The summed E-state index contributed by atoms with van der Waals surface area (Å²) < 4.78 is 17.5. The van der Waals surface area contributed by atoms with E-state index < -0.39 is 0 Å². The first kappa shape index (κ1) is 14.9. The fourth-order valence-corrected chi connectivity index (χ4v) is 2.42. The zero-order chi connectivity index (χ0) is 13.7. The summed E-state index contributed by atoms with van der Waals surface area (Å²) in [6, 6.07) is 8.01. The summed E-state index contributed by atoms with van der Waals surface area (Å²) in [6.45, 7) is 1.12. The first-order chi connectivity index (χ1) is 9.22. The SMILES string of the molecule is COC1C[C@H](CO)[C@@H](COCc2ccc(Br)cc2)O1. The molecule has 0 aromatic heterocycles. The fourth-order valence-electron chi connectivity index (χ4n) is 2.15. The Kier molecular flexibility index (Phi) is 5.78. The average molecular weight is 331 g/mol. The summed E-state index contributed by atoms with van der Waals surface area (Å²) in [4.78, 5) is 0. The van der Waals surface area contributed by atoms with Gasteiger partial charge in [0.25, 0.3) is 0 Å². The summed E-state index contributed by atoms with van der Waals surface area (Å²) >= 11 is 3.40. The van der Waals surface area contributed by atoms with Gasteiger partial charge >= 0.3 is 0 Å². The second-order valence-electron chi connectivity index (χ2n) is 4.66. The average Bonchev–Trinajstić information content (AvgIpc) is 2.83. The van der Waals surface area contributed by atoms with E-state index in [1.165, 1.54) is 0 Å². The van der Waals surface area contributed by atoms with Crippen LogP contribution in [0.4, 0.5) is 0 Å². The van der Waals surface area contributed by atoms with E-state index in [2.05, 4.69) is 15.9 Å². The Morgan fingerprint density at radius 1 is 1.37 bits per heavy atom. The van der Waals surface area contributed by atoms with Gasteiger partial charge in [0.2, 0.25) is 0 Å². The van der Waals surface area contributed by atoms with Crippen LogP contribution in [0.2, 0.25) is 0 Å². The quantitative estimate of drug-likeness (QED) is 0.869. The van der Waals surface area contributed by atoms with Gasteiger partial charge in [0.1, 0.15) is 0 Å². The zero-order valence-electron chi connectivity index (χ0n) is 10.9. The van der Waals surface area contributed by atoms with Crippen LogP contribution in [0.25, 0.3) is 0 Å². The molecule has 3 atom stereocenters. The van der Waals surface area contributed by atoms with Gasteiger partial charge in [0.15, 0.2) is 6.29 Å². The number of methoxy groups -OCH3 is 1. The summed E-state index contributed by atoms with van der Waals surface area (Å²) in [5.41, 5.74) is 1.12. The van der Waals surface area contributed by atoms with E-state index in [9.17, 15) is 5.11 Å². The number of hydrogen-bond donors (Lipinski definition) is 1. The van der Waals surface area contributed by atoms with Gasteiger partial charge in [0.05, 0.1) is 19.3 Å². The van der Waals surface area contributed by atoms with Crippen LogP contribution in [0.5, 0.6) is 0 Å². The molecule has 1 fully saturated rings. The van der Waals surface area contributed by atoms with Gasteiger partial charge < -0.3 is 19.3 Å². The Hall–Kier alpha value is -0.460. The van der Waals surface area contributed by atoms with Gasteiger partial charge in [-0.15, -0.1) is 0 Å². The second-order valence-corrected chi connectivity index (χ2v) is 5.58. The second kappa shape index (κ2) is 7.36. The maximum Gasteiger partial charge on any atom is 0.158 e. The van der Waals surface area contributed by atoms with Crippen molar-refractivity contribution in [1.29, 1.82) is 0 Å². The third-order valence-electron chi connectivity index (χ3n) is 3.31. The molecule has 1 aromatic rings. The van der Waals surface area contributed by atoms with E-state index >= 15 is 0 Å². The van der Waals surface area contributed by atoms with E-state index in [4.69, 9.17) is 14.2 Å². The third-order valence-corrected chi connectivity index (χ3v) is 3.84. The third kappa shape index (κ3) is 4.26. The van der Waals surface area contributed by atoms with Gasteiger partial charge in [-0.05, 0) is 17.7 Å². The summed E-state index contributed by atoms with van der Waals surface area (Å²) in [6.07, 6.45) is 0.406. The molecule has 0 bridgehead atoms. The largest absolute Gasteiger partial charge is 0.396 e. The highest BCUT2D eigenvalue weighted by Gasteiger charge is 2.34. The van der Waals surface area contributed by atoms with E-state index in [0.717, 1.165) is 16.5 Å². The molecule has 0 spiro atoms. The Bertz CT molecular complexity index is 382. The molecule has 5 heteroatoms. The van der Waals surface area contributed by atoms with Crippen LogP contribution in [0.1, 0.15) is 12.0 Å². The smallest absolute Gasteiger partial charge is 0.158 e. The summed E-state index contributed by atoms with van der Waals surface area (Å²) in [5.74, 6) is 0.0925. The van der Waals surface area contributed by atoms with E-state index in [1.54, 1.807) is 7.11 Å². The van der Waals surface area contributed by atoms with Crippen LogP contribution < -0.4 is 0 Å². The van der Waals surface area contributed by atoms with Crippen molar-refractivity contribution in [2.45, 2.75) is 25.4 Å². The number of benzene rings is 1. The predicted octanol–water partition coefficient (Wildman–Crippen LogP) is 2.34. The van der Waals surface area contributed by atoms with Gasteiger partial charge in [-0.25, -0.2) is 0 Å². The lowest BCUT2D eigenvalue weighted by molar-refractivity contribution is -0.132. The first-order valence-electron chi connectivity index (χ1n) is 6.34. The van der Waals surface area contributed by atoms with Crippen molar-refractivity contribution in [3.63, 3.8) is 0 Å².